The molecule has 1 heterocycles. The standard InChI is InChI=1S/C8H8N4O4S2/c1-15-16-18-8-12-11-7(17-8)10-9-6-4(13)2-3-5(6)14/h13H,2-3H2,1H3. The van der Waals surface area contributed by atoms with Gasteiger partial charge in [0.05, 0.1) is 7.11 Å². The zero-order chi connectivity index (χ0) is 13.0. The minimum atomic E-state index is -0.224. The van der Waals surface area contributed by atoms with Gasteiger partial charge in [-0.25, -0.2) is 4.89 Å². The van der Waals surface area contributed by atoms with Crippen molar-refractivity contribution in [3.8, 4) is 0 Å². The van der Waals surface area contributed by atoms with Gasteiger partial charge in [0, 0.05) is 12.8 Å². The second kappa shape index (κ2) is 6.00. The lowest BCUT2D eigenvalue weighted by Crippen LogP contribution is -1.92. The summed E-state index contributed by atoms with van der Waals surface area (Å²) in [5.41, 5.74) is -0.00690. The molecule has 0 amide bonds. The summed E-state index contributed by atoms with van der Waals surface area (Å²) in [6.07, 6.45) is 0.575. The fraction of sp³-hybridized carbons (Fsp3) is 0.375. The Morgan fingerprint density at radius 3 is 2.89 bits per heavy atom. The molecule has 0 fully saturated rings. The van der Waals surface area contributed by atoms with Gasteiger partial charge in [-0.2, -0.15) is 4.33 Å². The van der Waals surface area contributed by atoms with E-state index in [1.807, 2.05) is 0 Å². The Morgan fingerprint density at radius 1 is 1.39 bits per heavy atom. The largest absolute Gasteiger partial charge is 0.510 e. The van der Waals surface area contributed by atoms with E-state index in [1.165, 1.54) is 7.11 Å². The number of carbonyl (C=O) groups is 1. The van der Waals surface area contributed by atoms with Crippen LogP contribution in [0.4, 0.5) is 5.13 Å². The first-order chi connectivity index (χ1) is 8.70. The first kappa shape index (κ1) is 13.1. The average molecular weight is 288 g/mol. The van der Waals surface area contributed by atoms with Crippen LogP contribution >= 0.6 is 23.4 Å². The van der Waals surface area contributed by atoms with E-state index in [-0.39, 0.29) is 28.8 Å². The van der Waals surface area contributed by atoms with Crippen LogP contribution in [-0.4, -0.2) is 28.2 Å². The Labute approximate surface area is 110 Å². The molecule has 0 unspecified atom stereocenters. The minimum Gasteiger partial charge on any atom is -0.510 e. The minimum absolute atomic E-state index is 0.00690. The summed E-state index contributed by atoms with van der Waals surface area (Å²) >= 11 is 2.01. The molecule has 1 aromatic rings. The van der Waals surface area contributed by atoms with Crippen molar-refractivity contribution in [3.63, 3.8) is 0 Å². The third-order valence-electron chi connectivity index (χ3n) is 1.93. The fourth-order valence-electron chi connectivity index (χ4n) is 1.18. The number of ketones is 1. The summed E-state index contributed by atoms with van der Waals surface area (Å²) in [5.74, 6) is -0.260. The monoisotopic (exact) mass is 288 g/mol. The van der Waals surface area contributed by atoms with Crippen LogP contribution in [0.15, 0.2) is 26.0 Å². The quantitative estimate of drug-likeness (QED) is 0.383. The van der Waals surface area contributed by atoms with Crippen molar-refractivity contribution in [1.29, 1.82) is 0 Å². The maximum absolute atomic E-state index is 11.3. The number of allylic oxidation sites excluding steroid dienone is 2. The van der Waals surface area contributed by atoms with Crippen LogP contribution in [0.25, 0.3) is 0 Å². The van der Waals surface area contributed by atoms with Crippen molar-refractivity contribution < 1.29 is 19.1 Å². The molecule has 1 aromatic heterocycles. The molecule has 10 heteroatoms. The van der Waals surface area contributed by atoms with E-state index in [4.69, 9.17) is 0 Å². The highest BCUT2D eigenvalue weighted by Crippen LogP contribution is 2.29. The molecule has 1 N–H and O–H groups in total. The third-order valence-corrected chi connectivity index (χ3v) is 3.42. The summed E-state index contributed by atoms with van der Waals surface area (Å²) in [5, 5.41) is 24.5. The first-order valence-corrected chi connectivity index (χ1v) is 6.34. The molecule has 18 heavy (non-hydrogen) atoms. The Bertz CT molecular complexity index is 513. The summed E-state index contributed by atoms with van der Waals surface area (Å²) in [4.78, 5) is 15.7. The molecule has 96 valence electrons. The number of nitrogens with zero attached hydrogens (tertiary/aromatic N) is 4. The van der Waals surface area contributed by atoms with Gasteiger partial charge in [0.1, 0.15) is 17.8 Å². The maximum Gasteiger partial charge on any atom is 0.252 e. The highest BCUT2D eigenvalue weighted by Gasteiger charge is 2.22. The summed E-state index contributed by atoms with van der Waals surface area (Å²) in [6.45, 7) is 0. The van der Waals surface area contributed by atoms with Crippen molar-refractivity contribution in [2.24, 2.45) is 10.2 Å². The molecule has 0 aliphatic heterocycles. The number of hydrogen-bond donors (Lipinski definition) is 1. The summed E-state index contributed by atoms with van der Waals surface area (Å²) in [6, 6.07) is 0. The lowest BCUT2D eigenvalue weighted by Gasteiger charge is -1.90. The average Bonchev–Trinajstić information content (AvgIpc) is 2.93. The van der Waals surface area contributed by atoms with Crippen molar-refractivity contribution in [1.82, 2.24) is 10.2 Å². The van der Waals surface area contributed by atoms with Crippen LogP contribution in [-0.2, 0) is 14.0 Å². The second-order valence-electron chi connectivity index (χ2n) is 3.09. The molecule has 0 radical (unpaired) electrons. The molecule has 1 aliphatic carbocycles. The normalized spacial score (nSPS) is 16.2. The van der Waals surface area contributed by atoms with Gasteiger partial charge >= 0.3 is 0 Å². The van der Waals surface area contributed by atoms with E-state index < -0.39 is 0 Å². The molecule has 2 rings (SSSR count). The molecule has 0 atom stereocenters. The Morgan fingerprint density at radius 2 is 2.22 bits per heavy atom. The molecular formula is C8H8N4O4S2. The highest BCUT2D eigenvalue weighted by atomic mass is 32.2. The second-order valence-corrected chi connectivity index (χ2v) is 4.99. The highest BCUT2D eigenvalue weighted by molar-refractivity contribution is 7.96. The predicted molar refractivity (Wildman–Crippen MR) is 62.3 cm³/mol. The molecule has 1 aliphatic rings. The molecule has 0 bridgehead atoms. The topological polar surface area (TPSA) is 106 Å². The van der Waals surface area contributed by atoms with E-state index in [9.17, 15) is 9.90 Å². The molecular weight excluding hydrogens is 280 g/mol. The third kappa shape index (κ3) is 3.10. The van der Waals surface area contributed by atoms with Crippen molar-refractivity contribution in [2.75, 3.05) is 7.11 Å². The van der Waals surface area contributed by atoms with Crippen LogP contribution in [0.5, 0.6) is 0 Å². The number of carbonyl (C=O) groups excluding carboxylic acids is 1. The summed E-state index contributed by atoms with van der Waals surface area (Å²) < 4.78 is 5.08. The number of rotatable bonds is 5. The van der Waals surface area contributed by atoms with Crippen molar-refractivity contribution in [3.05, 3.63) is 11.5 Å². The zero-order valence-electron chi connectivity index (χ0n) is 9.19. The Hall–Kier alpha value is -1.36. The van der Waals surface area contributed by atoms with Crippen LogP contribution < -0.4 is 0 Å². The van der Waals surface area contributed by atoms with Crippen LogP contribution in [0.1, 0.15) is 12.8 Å². The van der Waals surface area contributed by atoms with Crippen molar-refractivity contribution >= 4 is 34.3 Å². The number of aliphatic hydroxyl groups is 1. The molecule has 0 aromatic carbocycles. The van der Waals surface area contributed by atoms with Crippen LogP contribution in [0.2, 0.25) is 0 Å². The van der Waals surface area contributed by atoms with E-state index >= 15 is 0 Å². The number of hydrogen-bond acceptors (Lipinski definition) is 10. The van der Waals surface area contributed by atoms with Gasteiger partial charge in [-0.3, -0.25) is 4.79 Å². The Kier molecular flexibility index (Phi) is 4.36. The van der Waals surface area contributed by atoms with Gasteiger partial charge < -0.3 is 5.11 Å². The summed E-state index contributed by atoms with van der Waals surface area (Å²) in [7, 11) is 1.37. The molecule has 0 saturated carbocycles. The van der Waals surface area contributed by atoms with Crippen molar-refractivity contribution in [2.45, 2.75) is 17.2 Å². The fourth-order valence-corrected chi connectivity index (χ4v) is 2.22. The van der Waals surface area contributed by atoms with Crippen LogP contribution in [0, 0.1) is 0 Å². The van der Waals surface area contributed by atoms with E-state index in [1.54, 1.807) is 0 Å². The van der Waals surface area contributed by atoms with E-state index in [0.717, 1.165) is 23.4 Å². The predicted octanol–water partition coefficient (Wildman–Crippen LogP) is 2.34. The SMILES string of the molecule is COOSc1nnc(N=NC2=C(O)CCC2=O)s1. The maximum atomic E-state index is 11.3. The van der Waals surface area contributed by atoms with Gasteiger partial charge in [-0.15, -0.1) is 20.4 Å². The van der Waals surface area contributed by atoms with Crippen LogP contribution in [0.3, 0.4) is 0 Å². The number of Topliss-reactive ketones (excluding diaryl/α,β-unsaturated/α-hetero) is 1. The molecule has 0 saturated heterocycles. The molecule has 0 spiro atoms. The first-order valence-electron chi connectivity index (χ1n) is 4.78. The zero-order valence-corrected chi connectivity index (χ0v) is 10.8. The Balaban J connectivity index is 2.03. The van der Waals surface area contributed by atoms with Gasteiger partial charge in [0.15, 0.2) is 11.5 Å². The van der Waals surface area contributed by atoms with E-state index in [2.05, 4.69) is 29.6 Å². The van der Waals surface area contributed by atoms with Gasteiger partial charge in [-0.1, -0.05) is 11.3 Å². The lowest BCUT2D eigenvalue weighted by molar-refractivity contribution is -0.160. The number of aromatic nitrogens is 2. The van der Waals surface area contributed by atoms with Gasteiger partial charge in [-0.05, 0) is 0 Å². The lowest BCUT2D eigenvalue weighted by atomic mass is 10.3. The van der Waals surface area contributed by atoms with E-state index in [0.29, 0.717) is 10.8 Å². The van der Waals surface area contributed by atoms with Gasteiger partial charge in [0.2, 0.25) is 4.34 Å². The molecule has 8 nitrogen and oxygen atoms in total. The number of aliphatic hydroxyl groups excluding tert-OH is 1. The van der Waals surface area contributed by atoms with Gasteiger partial charge in [0.25, 0.3) is 5.13 Å². The number of azo groups is 1. The smallest absolute Gasteiger partial charge is 0.252 e.